The number of rotatable bonds is 3. The lowest BCUT2D eigenvalue weighted by molar-refractivity contribution is -0.390. The van der Waals surface area contributed by atoms with E-state index < -0.39 is 34.3 Å². The molecule has 1 amide bonds. The first-order valence-electron chi connectivity index (χ1n) is 3.77. The first kappa shape index (κ1) is 12.7. The maximum Gasteiger partial charge on any atom is 0.377 e. The lowest BCUT2D eigenvalue weighted by Gasteiger charge is -2.03. The second-order valence-electron chi connectivity index (χ2n) is 2.65. The van der Waals surface area contributed by atoms with Crippen molar-refractivity contribution >= 4 is 34.3 Å². The van der Waals surface area contributed by atoms with Crippen LogP contribution < -0.4 is 5.73 Å². The van der Waals surface area contributed by atoms with Gasteiger partial charge in [0.25, 0.3) is 5.91 Å². The number of nitrogens with two attached hydrogens (primary N) is 1. The summed E-state index contributed by atoms with van der Waals surface area (Å²) < 4.78 is 24.6. The van der Waals surface area contributed by atoms with Crippen molar-refractivity contribution in [1.82, 2.24) is 4.98 Å². The van der Waals surface area contributed by atoms with Gasteiger partial charge >= 0.3 is 12.2 Å². The monoisotopic (exact) mass is 343 g/mol. The summed E-state index contributed by atoms with van der Waals surface area (Å²) in [4.78, 5) is 23.5. The first-order chi connectivity index (χ1) is 7.34. The molecule has 0 saturated heterocycles. The highest BCUT2D eigenvalue weighted by Gasteiger charge is 2.28. The van der Waals surface area contributed by atoms with Gasteiger partial charge in [-0.05, 0) is 32.5 Å². The molecule has 0 aliphatic carbocycles. The van der Waals surface area contributed by atoms with Crippen molar-refractivity contribution < 1.29 is 18.5 Å². The van der Waals surface area contributed by atoms with Gasteiger partial charge in [0.2, 0.25) is 5.69 Å². The summed E-state index contributed by atoms with van der Waals surface area (Å²) >= 11 is 1.51. The molecule has 0 aliphatic heterocycles. The molecule has 9 heteroatoms. The SMILES string of the molecule is NC(=O)c1c(I)cc(C(F)F)nc1[N+](=O)[O-]. The number of hydrogen-bond acceptors (Lipinski definition) is 4. The standard InChI is InChI=1S/C7H4F2IN3O3/c8-5(9)3-1-2(10)4(6(11)14)7(12-3)13(15)16/h1,5H,(H2,11,14). The summed E-state index contributed by atoms with van der Waals surface area (Å²) in [7, 11) is 0. The van der Waals surface area contributed by atoms with E-state index in [1.54, 1.807) is 0 Å². The van der Waals surface area contributed by atoms with Crippen molar-refractivity contribution in [1.29, 1.82) is 0 Å². The van der Waals surface area contributed by atoms with Gasteiger partial charge in [-0.15, -0.1) is 0 Å². The number of nitrogens with zero attached hydrogens (tertiary/aromatic N) is 2. The summed E-state index contributed by atoms with van der Waals surface area (Å²) in [6.45, 7) is 0. The Kier molecular flexibility index (Phi) is 3.67. The quantitative estimate of drug-likeness (QED) is 0.512. The number of hydrogen-bond donors (Lipinski definition) is 1. The molecule has 0 radical (unpaired) electrons. The zero-order valence-corrected chi connectivity index (χ0v) is 9.64. The molecule has 1 aromatic rings. The highest BCUT2D eigenvalue weighted by Crippen LogP contribution is 2.26. The summed E-state index contributed by atoms with van der Waals surface area (Å²) in [6.07, 6.45) is -2.95. The van der Waals surface area contributed by atoms with Crippen LogP contribution in [0.15, 0.2) is 6.07 Å². The maximum absolute atomic E-state index is 12.3. The van der Waals surface area contributed by atoms with Gasteiger partial charge in [0.05, 0.1) is 0 Å². The van der Waals surface area contributed by atoms with Crippen LogP contribution in [-0.2, 0) is 0 Å². The Balaban J connectivity index is 3.52. The van der Waals surface area contributed by atoms with Crippen LogP contribution in [0.2, 0.25) is 0 Å². The number of carbonyl (C=O) groups is 1. The van der Waals surface area contributed by atoms with Gasteiger partial charge in [-0.1, -0.05) is 0 Å². The van der Waals surface area contributed by atoms with Gasteiger partial charge < -0.3 is 15.8 Å². The number of primary amides is 1. The molecule has 6 nitrogen and oxygen atoms in total. The van der Waals surface area contributed by atoms with Crippen LogP contribution in [0.1, 0.15) is 22.5 Å². The van der Waals surface area contributed by atoms with Crippen molar-refractivity contribution in [2.45, 2.75) is 6.43 Å². The topological polar surface area (TPSA) is 99.1 Å². The minimum Gasteiger partial charge on any atom is -0.365 e. The summed E-state index contributed by atoms with van der Waals surface area (Å²) in [6, 6.07) is 0.887. The average Bonchev–Trinajstić information content (AvgIpc) is 2.15. The third kappa shape index (κ3) is 2.40. The van der Waals surface area contributed by atoms with E-state index in [1.807, 2.05) is 0 Å². The lowest BCUT2D eigenvalue weighted by atomic mass is 10.2. The van der Waals surface area contributed by atoms with Crippen molar-refractivity contribution in [2.75, 3.05) is 0 Å². The van der Waals surface area contributed by atoms with E-state index in [0.717, 1.165) is 6.07 Å². The van der Waals surface area contributed by atoms with E-state index in [4.69, 9.17) is 5.73 Å². The molecule has 0 saturated carbocycles. The van der Waals surface area contributed by atoms with Crippen LogP contribution in [0.5, 0.6) is 0 Å². The third-order valence-electron chi connectivity index (χ3n) is 1.61. The fourth-order valence-electron chi connectivity index (χ4n) is 0.991. The minimum atomic E-state index is -2.95. The highest BCUT2D eigenvalue weighted by atomic mass is 127. The van der Waals surface area contributed by atoms with E-state index in [2.05, 4.69) is 4.98 Å². The average molecular weight is 343 g/mol. The van der Waals surface area contributed by atoms with Crippen molar-refractivity contribution in [3.63, 3.8) is 0 Å². The molecule has 0 unspecified atom stereocenters. The molecule has 0 bridgehead atoms. The van der Waals surface area contributed by atoms with Gasteiger partial charge in [-0.3, -0.25) is 4.79 Å². The predicted octanol–water partition coefficient (Wildman–Crippen LogP) is 1.63. The highest BCUT2D eigenvalue weighted by molar-refractivity contribution is 14.1. The number of aromatic nitrogens is 1. The number of amides is 1. The van der Waals surface area contributed by atoms with Gasteiger partial charge in [0.15, 0.2) is 5.56 Å². The molecule has 1 heterocycles. The fraction of sp³-hybridized carbons (Fsp3) is 0.143. The minimum absolute atomic E-state index is 0.0258. The Morgan fingerprint density at radius 2 is 2.19 bits per heavy atom. The zero-order chi connectivity index (χ0) is 12.5. The van der Waals surface area contributed by atoms with E-state index >= 15 is 0 Å². The molecule has 2 N–H and O–H groups in total. The van der Waals surface area contributed by atoms with Crippen LogP contribution in [0, 0.1) is 13.7 Å². The van der Waals surface area contributed by atoms with Crippen LogP contribution >= 0.6 is 22.6 Å². The van der Waals surface area contributed by atoms with Gasteiger partial charge in [-0.25, -0.2) is 8.78 Å². The molecule has 16 heavy (non-hydrogen) atoms. The lowest BCUT2D eigenvalue weighted by Crippen LogP contribution is -2.17. The summed E-state index contributed by atoms with van der Waals surface area (Å²) in [5.41, 5.74) is 3.68. The number of pyridine rings is 1. The zero-order valence-electron chi connectivity index (χ0n) is 7.49. The molecule has 0 fully saturated rings. The second-order valence-corrected chi connectivity index (χ2v) is 3.81. The normalized spacial score (nSPS) is 10.5. The molecule has 0 aliphatic rings. The molecule has 1 aromatic heterocycles. The van der Waals surface area contributed by atoms with Gasteiger partial charge in [-0.2, -0.15) is 0 Å². The van der Waals surface area contributed by atoms with Crippen LogP contribution in [0.3, 0.4) is 0 Å². The Morgan fingerprint density at radius 1 is 1.62 bits per heavy atom. The van der Waals surface area contributed by atoms with Gasteiger partial charge in [0.1, 0.15) is 0 Å². The smallest absolute Gasteiger partial charge is 0.365 e. The molecule has 0 spiro atoms. The summed E-state index contributed by atoms with van der Waals surface area (Å²) in [5.74, 6) is -2.03. The van der Waals surface area contributed by atoms with Crippen molar-refractivity contribution in [2.24, 2.45) is 5.73 Å². The van der Waals surface area contributed by atoms with E-state index in [0.29, 0.717) is 0 Å². The first-order valence-corrected chi connectivity index (χ1v) is 4.85. The summed E-state index contributed by atoms with van der Waals surface area (Å²) in [5, 5.41) is 10.5. The fourth-order valence-corrected chi connectivity index (χ4v) is 1.82. The van der Waals surface area contributed by atoms with Crippen LogP contribution in [0.25, 0.3) is 0 Å². The van der Waals surface area contributed by atoms with E-state index in [9.17, 15) is 23.7 Å². The number of nitro groups is 1. The Labute approximate surface area is 101 Å². The van der Waals surface area contributed by atoms with E-state index in [1.165, 1.54) is 22.6 Å². The number of carbonyl (C=O) groups excluding carboxylic acids is 1. The van der Waals surface area contributed by atoms with Crippen molar-refractivity contribution in [3.8, 4) is 0 Å². The molecule has 1 rings (SSSR count). The largest absolute Gasteiger partial charge is 0.377 e. The molecule has 0 aromatic carbocycles. The Bertz CT molecular complexity index is 466. The third-order valence-corrected chi connectivity index (χ3v) is 2.47. The van der Waals surface area contributed by atoms with Crippen molar-refractivity contribution in [3.05, 3.63) is 31.0 Å². The predicted molar refractivity (Wildman–Crippen MR) is 57.1 cm³/mol. The maximum atomic E-state index is 12.3. The number of alkyl halides is 2. The second kappa shape index (κ2) is 4.63. The Morgan fingerprint density at radius 3 is 2.56 bits per heavy atom. The van der Waals surface area contributed by atoms with E-state index in [-0.39, 0.29) is 3.57 Å². The molecule has 86 valence electrons. The molecular formula is C7H4F2IN3O3. The molecule has 0 atom stereocenters. The Hall–Kier alpha value is -1.39. The van der Waals surface area contributed by atoms with Gasteiger partial charge in [0, 0.05) is 9.64 Å². The van der Waals surface area contributed by atoms with Crippen LogP contribution in [-0.4, -0.2) is 15.8 Å². The van der Waals surface area contributed by atoms with Crippen LogP contribution in [0.4, 0.5) is 14.6 Å². The number of halogens is 3. The molecular weight excluding hydrogens is 339 g/mol.